The van der Waals surface area contributed by atoms with Crippen molar-refractivity contribution in [1.82, 2.24) is 14.9 Å². The van der Waals surface area contributed by atoms with Crippen LogP contribution in [0.3, 0.4) is 0 Å². The molecule has 0 aliphatic carbocycles. The Bertz CT molecular complexity index is 308. The topological polar surface area (TPSA) is 73.0 Å². The molecule has 0 atom stereocenters. The third kappa shape index (κ3) is 2.81. The van der Waals surface area contributed by atoms with E-state index >= 15 is 0 Å². The van der Waals surface area contributed by atoms with Gasteiger partial charge in [-0.3, -0.25) is 0 Å². The van der Waals surface area contributed by atoms with E-state index < -0.39 is 4.92 Å². The second-order valence-corrected chi connectivity index (χ2v) is 3.29. The summed E-state index contributed by atoms with van der Waals surface area (Å²) in [5.41, 5.74) is 0. The molecule has 6 nitrogen and oxygen atoms in total. The fourth-order valence-corrected chi connectivity index (χ4v) is 1.12. The number of hydrogen-bond donors (Lipinski definition) is 1. The lowest BCUT2D eigenvalue weighted by Crippen LogP contribution is -2.26. The minimum Gasteiger partial charge on any atom is -0.390 e. The smallest absolute Gasteiger partial charge is 0.390 e. The van der Waals surface area contributed by atoms with Crippen LogP contribution in [0.25, 0.3) is 0 Å². The van der Waals surface area contributed by atoms with Gasteiger partial charge in [-0.05, 0) is 4.92 Å². The lowest BCUT2D eigenvalue weighted by molar-refractivity contribution is -0.396. The monoisotopic (exact) mass is 198 g/mol. The van der Waals surface area contributed by atoms with Crippen LogP contribution in [0, 0.1) is 10.1 Å². The highest BCUT2D eigenvalue weighted by Crippen LogP contribution is 2.05. The van der Waals surface area contributed by atoms with Crippen molar-refractivity contribution >= 4 is 5.95 Å². The van der Waals surface area contributed by atoms with E-state index in [0.717, 1.165) is 0 Å². The number of hydrogen-bond acceptors (Lipinski definition) is 4. The van der Waals surface area contributed by atoms with Gasteiger partial charge in [-0.1, -0.05) is 18.8 Å². The van der Waals surface area contributed by atoms with Gasteiger partial charge in [-0.15, -0.1) is 0 Å². The van der Waals surface area contributed by atoms with Gasteiger partial charge in [0.05, 0.1) is 6.54 Å². The molecule has 1 heterocycles. The molecule has 0 saturated heterocycles. The largest absolute Gasteiger partial charge is 0.434 e. The van der Waals surface area contributed by atoms with Gasteiger partial charge in [0.2, 0.25) is 0 Å². The lowest BCUT2D eigenvalue weighted by Gasteiger charge is -2.06. The van der Waals surface area contributed by atoms with Crippen LogP contribution in [0.1, 0.15) is 13.8 Å². The average molecular weight is 198 g/mol. The molecule has 6 heteroatoms. The Morgan fingerprint density at radius 2 is 2.43 bits per heavy atom. The molecule has 0 aliphatic heterocycles. The molecule has 0 radical (unpaired) electrons. The minimum absolute atomic E-state index is 0.101. The van der Waals surface area contributed by atoms with Crippen LogP contribution >= 0.6 is 0 Å². The van der Waals surface area contributed by atoms with E-state index in [0.29, 0.717) is 19.1 Å². The molecule has 1 N–H and O–H groups in total. The summed E-state index contributed by atoms with van der Waals surface area (Å²) >= 11 is 0. The molecule has 0 unspecified atom stereocenters. The Hall–Kier alpha value is -1.43. The maximum absolute atomic E-state index is 10.5. The van der Waals surface area contributed by atoms with E-state index in [4.69, 9.17) is 0 Å². The first-order valence-corrected chi connectivity index (χ1v) is 4.50. The first-order chi connectivity index (χ1) is 6.61. The molecule has 0 bridgehead atoms. The number of nitrogens with zero attached hydrogens (tertiary/aromatic N) is 3. The van der Waals surface area contributed by atoms with Gasteiger partial charge >= 0.3 is 5.95 Å². The van der Waals surface area contributed by atoms with Gasteiger partial charge in [-0.25, -0.2) is 4.57 Å². The van der Waals surface area contributed by atoms with Crippen LogP contribution < -0.4 is 5.32 Å². The number of rotatable bonds is 5. The summed E-state index contributed by atoms with van der Waals surface area (Å²) in [7, 11) is 0. The highest BCUT2D eigenvalue weighted by atomic mass is 16.6. The molecule has 14 heavy (non-hydrogen) atoms. The number of nitrogens with one attached hydrogen (secondary N) is 1. The molecule has 0 aromatic carbocycles. The van der Waals surface area contributed by atoms with Gasteiger partial charge in [0.1, 0.15) is 12.4 Å². The van der Waals surface area contributed by atoms with Crippen molar-refractivity contribution < 1.29 is 4.92 Å². The molecule has 0 spiro atoms. The maximum Gasteiger partial charge on any atom is 0.434 e. The van der Waals surface area contributed by atoms with Crippen LogP contribution in [0.2, 0.25) is 0 Å². The van der Waals surface area contributed by atoms with E-state index in [9.17, 15) is 10.1 Å². The van der Waals surface area contributed by atoms with Crippen molar-refractivity contribution in [2.75, 3.05) is 6.54 Å². The van der Waals surface area contributed by atoms with E-state index in [1.807, 2.05) is 13.8 Å². The Balaban J connectivity index is 2.50. The molecular formula is C8H14N4O2. The summed E-state index contributed by atoms with van der Waals surface area (Å²) < 4.78 is 1.52. The van der Waals surface area contributed by atoms with Crippen LogP contribution in [-0.2, 0) is 6.54 Å². The molecular weight excluding hydrogens is 184 g/mol. The number of imidazole rings is 1. The van der Waals surface area contributed by atoms with Gasteiger partial charge in [0.15, 0.2) is 0 Å². The molecule has 0 amide bonds. The van der Waals surface area contributed by atoms with Crippen molar-refractivity contribution in [3.8, 4) is 0 Å². The van der Waals surface area contributed by atoms with Gasteiger partial charge in [0, 0.05) is 12.6 Å². The van der Waals surface area contributed by atoms with Crippen LogP contribution in [0.4, 0.5) is 5.95 Å². The first kappa shape index (κ1) is 10.6. The van der Waals surface area contributed by atoms with Crippen LogP contribution in [0.15, 0.2) is 12.4 Å². The molecule has 0 fully saturated rings. The van der Waals surface area contributed by atoms with Crippen molar-refractivity contribution in [2.24, 2.45) is 0 Å². The van der Waals surface area contributed by atoms with Crippen molar-refractivity contribution in [3.05, 3.63) is 22.5 Å². The van der Waals surface area contributed by atoms with Gasteiger partial charge in [-0.2, -0.15) is 0 Å². The Kier molecular flexibility index (Phi) is 3.58. The number of aromatic nitrogens is 2. The molecule has 0 aliphatic rings. The zero-order valence-electron chi connectivity index (χ0n) is 8.30. The van der Waals surface area contributed by atoms with Crippen molar-refractivity contribution in [1.29, 1.82) is 0 Å². The molecule has 78 valence electrons. The first-order valence-electron chi connectivity index (χ1n) is 4.50. The Labute approximate surface area is 82.1 Å². The predicted octanol–water partition coefficient (Wildman–Crippen LogP) is 0.789. The summed E-state index contributed by atoms with van der Waals surface area (Å²) in [6, 6.07) is 0.387. The summed E-state index contributed by atoms with van der Waals surface area (Å²) in [6.45, 7) is 5.33. The highest BCUT2D eigenvalue weighted by molar-refractivity contribution is 5.06. The lowest BCUT2D eigenvalue weighted by atomic mass is 10.4. The van der Waals surface area contributed by atoms with E-state index in [1.54, 1.807) is 6.20 Å². The fraction of sp³-hybridized carbons (Fsp3) is 0.625. The summed E-state index contributed by atoms with van der Waals surface area (Å²) in [5.74, 6) is -0.101. The second-order valence-electron chi connectivity index (χ2n) is 3.29. The average Bonchev–Trinajstić information content (AvgIpc) is 2.51. The highest BCUT2D eigenvalue weighted by Gasteiger charge is 2.12. The van der Waals surface area contributed by atoms with Gasteiger partial charge in [0.25, 0.3) is 0 Å². The third-order valence-electron chi connectivity index (χ3n) is 1.76. The second kappa shape index (κ2) is 4.71. The molecule has 1 aromatic heterocycles. The summed E-state index contributed by atoms with van der Waals surface area (Å²) in [4.78, 5) is 13.7. The van der Waals surface area contributed by atoms with Crippen LogP contribution in [0.5, 0.6) is 0 Å². The fourth-order valence-electron chi connectivity index (χ4n) is 1.12. The predicted molar refractivity (Wildman–Crippen MR) is 52.0 cm³/mol. The van der Waals surface area contributed by atoms with E-state index in [-0.39, 0.29) is 5.95 Å². The summed E-state index contributed by atoms with van der Waals surface area (Å²) in [5, 5.41) is 13.7. The SMILES string of the molecule is CC(C)NCCn1ccnc1[N+](=O)[O-]. The standard InChI is InChI=1S/C8H14N4O2/c1-7(2)9-3-5-11-6-4-10-8(11)12(13)14/h4,6-7,9H,3,5H2,1-2H3. The van der Waals surface area contributed by atoms with Crippen molar-refractivity contribution in [3.63, 3.8) is 0 Å². The van der Waals surface area contributed by atoms with E-state index in [2.05, 4.69) is 10.3 Å². The zero-order valence-corrected chi connectivity index (χ0v) is 8.30. The minimum atomic E-state index is -0.477. The Morgan fingerprint density at radius 3 is 3.00 bits per heavy atom. The molecule has 0 saturated carbocycles. The van der Waals surface area contributed by atoms with Crippen LogP contribution in [-0.4, -0.2) is 27.1 Å². The quantitative estimate of drug-likeness (QED) is 0.560. The van der Waals surface area contributed by atoms with Crippen molar-refractivity contribution in [2.45, 2.75) is 26.4 Å². The number of nitro groups is 1. The molecule has 1 rings (SSSR count). The van der Waals surface area contributed by atoms with E-state index in [1.165, 1.54) is 10.8 Å². The maximum atomic E-state index is 10.5. The normalized spacial score (nSPS) is 10.8. The zero-order chi connectivity index (χ0) is 10.6. The van der Waals surface area contributed by atoms with Gasteiger partial charge < -0.3 is 15.4 Å². The molecule has 1 aromatic rings. The Morgan fingerprint density at radius 1 is 1.71 bits per heavy atom. The summed E-state index contributed by atoms with van der Waals surface area (Å²) in [6.07, 6.45) is 3.05. The third-order valence-corrected chi connectivity index (χ3v) is 1.76.